The van der Waals surface area contributed by atoms with E-state index in [4.69, 9.17) is 9.47 Å². The SMILES string of the molecule is CCCCCCCCCCCCCCCCNc1ccc(C(=O)OCCOCC)c(F)c1. The minimum absolute atomic E-state index is 0.0384. The van der Waals surface area contributed by atoms with Gasteiger partial charge in [-0.05, 0) is 31.5 Å². The second kappa shape index (κ2) is 20.0. The first-order valence-electron chi connectivity index (χ1n) is 13.0. The Labute approximate surface area is 195 Å². The van der Waals surface area contributed by atoms with E-state index in [0.717, 1.165) is 13.0 Å². The summed E-state index contributed by atoms with van der Waals surface area (Å²) >= 11 is 0. The van der Waals surface area contributed by atoms with E-state index in [1.54, 1.807) is 6.07 Å². The topological polar surface area (TPSA) is 47.6 Å². The summed E-state index contributed by atoms with van der Waals surface area (Å²) in [6, 6.07) is 4.57. The summed E-state index contributed by atoms with van der Waals surface area (Å²) in [4.78, 5) is 11.9. The number of unbranched alkanes of at least 4 members (excludes halogenated alkanes) is 13. The number of carbonyl (C=O) groups is 1. The molecule has 0 fully saturated rings. The van der Waals surface area contributed by atoms with Crippen LogP contribution >= 0.6 is 0 Å². The van der Waals surface area contributed by atoms with Crippen LogP contribution in [0.5, 0.6) is 0 Å². The van der Waals surface area contributed by atoms with Crippen molar-refractivity contribution in [2.45, 2.75) is 104 Å². The summed E-state index contributed by atoms with van der Waals surface area (Å²) in [5, 5.41) is 3.24. The molecule has 0 aliphatic carbocycles. The van der Waals surface area contributed by atoms with Gasteiger partial charge in [-0.3, -0.25) is 0 Å². The lowest BCUT2D eigenvalue weighted by Crippen LogP contribution is -2.12. The summed E-state index contributed by atoms with van der Waals surface area (Å²) < 4.78 is 24.3. The number of rotatable bonds is 21. The lowest BCUT2D eigenvalue weighted by molar-refractivity contribution is 0.0331. The van der Waals surface area contributed by atoms with Crippen molar-refractivity contribution in [1.29, 1.82) is 0 Å². The zero-order chi connectivity index (χ0) is 23.3. The summed E-state index contributed by atoms with van der Waals surface area (Å²) in [5.41, 5.74) is 0.659. The van der Waals surface area contributed by atoms with E-state index >= 15 is 0 Å². The van der Waals surface area contributed by atoms with E-state index < -0.39 is 11.8 Å². The molecule has 0 unspecified atom stereocenters. The van der Waals surface area contributed by atoms with E-state index in [1.165, 1.54) is 95.6 Å². The Bertz CT molecular complexity index is 594. The maximum Gasteiger partial charge on any atom is 0.341 e. The van der Waals surface area contributed by atoms with E-state index in [0.29, 0.717) is 18.9 Å². The van der Waals surface area contributed by atoms with Crippen molar-refractivity contribution in [3.8, 4) is 0 Å². The van der Waals surface area contributed by atoms with Crippen LogP contribution < -0.4 is 5.32 Å². The van der Waals surface area contributed by atoms with Gasteiger partial charge in [0, 0.05) is 18.8 Å². The Morgan fingerprint density at radius 2 is 1.38 bits per heavy atom. The van der Waals surface area contributed by atoms with Crippen LogP contribution in [0, 0.1) is 5.82 Å². The molecule has 0 bridgehead atoms. The highest BCUT2D eigenvalue weighted by atomic mass is 19.1. The van der Waals surface area contributed by atoms with Crippen molar-refractivity contribution < 1.29 is 18.7 Å². The van der Waals surface area contributed by atoms with Gasteiger partial charge < -0.3 is 14.8 Å². The largest absolute Gasteiger partial charge is 0.460 e. The number of anilines is 1. The Morgan fingerprint density at radius 1 is 0.812 bits per heavy atom. The van der Waals surface area contributed by atoms with Crippen LogP contribution in [0.3, 0.4) is 0 Å². The average Bonchev–Trinajstić information content (AvgIpc) is 2.79. The molecule has 0 atom stereocenters. The number of hydrogen-bond acceptors (Lipinski definition) is 4. The van der Waals surface area contributed by atoms with Gasteiger partial charge in [0.15, 0.2) is 0 Å². The Morgan fingerprint density at radius 3 is 1.91 bits per heavy atom. The molecule has 1 aromatic carbocycles. The van der Waals surface area contributed by atoms with Gasteiger partial charge in [0.1, 0.15) is 12.4 Å². The molecule has 5 heteroatoms. The van der Waals surface area contributed by atoms with Crippen LogP contribution in [0.2, 0.25) is 0 Å². The van der Waals surface area contributed by atoms with E-state index in [9.17, 15) is 9.18 Å². The molecule has 184 valence electrons. The molecule has 0 spiro atoms. The van der Waals surface area contributed by atoms with Crippen LogP contribution in [0.1, 0.15) is 114 Å². The van der Waals surface area contributed by atoms with Gasteiger partial charge >= 0.3 is 5.97 Å². The first-order chi connectivity index (χ1) is 15.7. The zero-order valence-corrected chi connectivity index (χ0v) is 20.6. The quantitative estimate of drug-likeness (QED) is 0.152. The molecule has 0 amide bonds. The molecule has 0 radical (unpaired) electrons. The fraction of sp³-hybridized carbons (Fsp3) is 0.741. The maximum absolute atomic E-state index is 14.2. The summed E-state index contributed by atoms with van der Waals surface area (Å²) in [6.07, 6.45) is 18.7. The molecule has 0 aliphatic heterocycles. The second-order valence-corrected chi connectivity index (χ2v) is 8.55. The lowest BCUT2D eigenvalue weighted by Gasteiger charge is -2.09. The number of nitrogens with one attached hydrogen (secondary N) is 1. The second-order valence-electron chi connectivity index (χ2n) is 8.55. The Hall–Kier alpha value is -1.62. The van der Waals surface area contributed by atoms with Gasteiger partial charge in [0.25, 0.3) is 0 Å². The van der Waals surface area contributed by atoms with Crippen molar-refractivity contribution in [3.63, 3.8) is 0 Å². The fourth-order valence-electron chi connectivity index (χ4n) is 3.76. The van der Waals surface area contributed by atoms with Gasteiger partial charge in [0.2, 0.25) is 0 Å². The maximum atomic E-state index is 14.2. The van der Waals surface area contributed by atoms with Crippen LogP contribution in [0.4, 0.5) is 10.1 Å². The molecular weight excluding hydrogens is 405 g/mol. The molecule has 0 aliphatic rings. The number of hydrogen-bond donors (Lipinski definition) is 1. The molecule has 0 heterocycles. The molecule has 0 saturated heterocycles. The predicted molar refractivity (Wildman–Crippen MR) is 132 cm³/mol. The molecule has 0 aromatic heterocycles. The fourth-order valence-corrected chi connectivity index (χ4v) is 3.76. The first kappa shape index (κ1) is 28.4. The van der Waals surface area contributed by atoms with Crippen molar-refractivity contribution in [1.82, 2.24) is 0 Å². The summed E-state index contributed by atoms with van der Waals surface area (Å²) in [6.45, 7) is 5.96. The van der Waals surface area contributed by atoms with Crippen LogP contribution in [0.25, 0.3) is 0 Å². The van der Waals surface area contributed by atoms with Crippen LogP contribution in [0.15, 0.2) is 18.2 Å². The standard InChI is InChI=1S/C27H46FNO3/c1-3-5-6-7-8-9-10-11-12-13-14-15-16-17-20-29-24-18-19-25(26(28)23-24)27(30)32-22-21-31-4-2/h18-19,23,29H,3-17,20-22H2,1-2H3. The molecule has 1 aromatic rings. The smallest absolute Gasteiger partial charge is 0.341 e. The van der Waals surface area contributed by atoms with Crippen LogP contribution in [-0.4, -0.2) is 32.3 Å². The highest BCUT2D eigenvalue weighted by molar-refractivity contribution is 5.90. The summed E-state index contributed by atoms with van der Waals surface area (Å²) in [7, 11) is 0. The molecule has 32 heavy (non-hydrogen) atoms. The summed E-state index contributed by atoms with van der Waals surface area (Å²) in [5.74, 6) is -1.21. The lowest BCUT2D eigenvalue weighted by atomic mass is 10.0. The van der Waals surface area contributed by atoms with E-state index in [1.807, 2.05) is 6.92 Å². The van der Waals surface area contributed by atoms with E-state index in [2.05, 4.69) is 12.2 Å². The van der Waals surface area contributed by atoms with Crippen molar-refractivity contribution in [2.75, 3.05) is 31.7 Å². The van der Waals surface area contributed by atoms with Gasteiger partial charge in [-0.2, -0.15) is 0 Å². The number of ether oxygens (including phenoxy) is 2. The number of benzene rings is 1. The van der Waals surface area contributed by atoms with Crippen molar-refractivity contribution in [2.24, 2.45) is 0 Å². The minimum Gasteiger partial charge on any atom is -0.460 e. The number of esters is 1. The van der Waals surface area contributed by atoms with Crippen molar-refractivity contribution >= 4 is 11.7 Å². The number of halogens is 1. The van der Waals surface area contributed by atoms with Gasteiger partial charge in [0.05, 0.1) is 12.2 Å². The third-order valence-corrected chi connectivity index (χ3v) is 5.71. The van der Waals surface area contributed by atoms with Crippen LogP contribution in [-0.2, 0) is 9.47 Å². The van der Waals surface area contributed by atoms with E-state index in [-0.39, 0.29) is 12.2 Å². The predicted octanol–water partition coefficient (Wildman–Crippen LogP) is 7.91. The molecule has 1 rings (SSSR count). The third kappa shape index (κ3) is 14.4. The minimum atomic E-state index is -0.652. The number of carbonyl (C=O) groups excluding carboxylic acids is 1. The average molecular weight is 452 g/mol. The molecule has 0 saturated carbocycles. The van der Waals surface area contributed by atoms with Crippen molar-refractivity contribution in [3.05, 3.63) is 29.6 Å². The molecular formula is C27H46FNO3. The van der Waals surface area contributed by atoms with Gasteiger partial charge in [-0.1, -0.05) is 90.4 Å². The zero-order valence-electron chi connectivity index (χ0n) is 20.6. The third-order valence-electron chi connectivity index (χ3n) is 5.71. The molecule has 4 nitrogen and oxygen atoms in total. The normalized spacial score (nSPS) is 11.0. The first-order valence-corrected chi connectivity index (χ1v) is 13.0. The monoisotopic (exact) mass is 451 g/mol. The van der Waals surface area contributed by atoms with Gasteiger partial charge in [-0.25, -0.2) is 9.18 Å². The Balaban J connectivity index is 2.00. The highest BCUT2D eigenvalue weighted by Crippen LogP contribution is 2.16. The van der Waals surface area contributed by atoms with Gasteiger partial charge in [-0.15, -0.1) is 0 Å². The molecule has 1 N–H and O–H groups in total. The Kier molecular flexibility index (Phi) is 17.8. The highest BCUT2D eigenvalue weighted by Gasteiger charge is 2.13.